The Kier molecular flexibility index (Phi) is 17.3. The predicted octanol–water partition coefficient (Wildman–Crippen LogP) is 6.63. The maximum absolute atomic E-state index is 5.61. The van der Waals surface area contributed by atoms with E-state index in [0.29, 0.717) is 0 Å². The van der Waals surface area contributed by atoms with Crippen LogP contribution in [0, 0.1) is 133 Å². The Morgan fingerprint density at radius 2 is 1.06 bits per heavy atom. The van der Waals surface area contributed by atoms with E-state index in [0.717, 1.165) is 16.7 Å². The second-order valence-electron chi connectivity index (χ2n) is 6.65. The van der Waals surface area contributed by atoms with Crippen LogP contribution in [0.4, 0.5) is 0 Å². The summed E-state index contributed by atoms with van der Waals surface area (Å²) < 4.78 is 0. The van der Waals surface area contributed by atoms with Gasteiger partial charge in [-0.1, -0.05) is 29.9 Å². The Labute approximate surface area is 229 Å². The minimum absolute atomic E-state index is 0. The third-order valence-electron chi connectivity index (χ3n) is 4.31. The van der Waals surface area contributed by atoms with Crippen LogP contribution >= 0.6 is 24.0 Å². The molecule has 0 aromatic heterocycles. The normalized spacial score (nSPS) is 21.0. The van der Waals surface area contributed by atoms with E-state index < -0.39 is 0 Å². The van der Waals surface area contributed by atoms with Crippen molar-refractivity contribution < 1.29 is 34.1 Å². The number of rotatable bonds is 4. The summed E-state index contributed by atoms with van der Waals surface area (Å²) in [7, 11) is 0. The fourth-order valence-electron chi connectivity index (χ4n) is 2.74. The fourth-order valence-corrected chi connectivity index (χ4v) is 4.07. The number of hydrogen-bond acceptors (Lipinski definition) is 2. The summed E-state index contributed by atoms with van der Waals surface area (Å²) in [6.07, 6.45) is 34.5. The number of hydrogen-bond donors (Lipinski definition) is 0. The van der Waals surface area contributed by atoms with Gasteiger partial charge in [-0.15, -0.1) is 11.8 Å². The average Bonchev–Trinajstić information content (AvgIpc) is 3.60. The molecule has 1 aromatic rings. The summed E-state index contributed by atoms with van der Waals surface area (Å²) >= 11 is 7.37. The van der Waals surface area contributed by atoms with Gasteiger partial charge in [-0.3, -0.25) is 0 Å². The van der Waals surface area contributed by atoms with E-state index in [1.807, 2.05) is 77.0 Å². The van der Waals surface area contributed by atoms with Crippen molar-refractivity contribution in [2.75, 3.05) is 0 Å². The van der Waals surface area contributed by atoms with Crippen molar-refractivity contribution in [1.29, 1.82) is 0 Å². The quantitative estimate of drug-likeness (QED) is 0.313. The van der Waals surface area contributed by atoms with Gasteiger partial charge in [0.05, 0.1) is 5.25 Å². The first-order valence-electron chi connectivity index (χ1n) is 9.84. The van der Waals surface area contributed by atoms with Crippen LogP contribution in [0.5, 0.6) is 0 Å². The van der Waals surface area contributed by atoms with E-state index in [-0.39, 0.29) is 34.1 Å². The molecular weight excluding hydrogens is 512 g/mol. The Morgan fingerprint density at radius 1 is 0.594 bits per heavy atom. The van der Waals surface area contributed by atoms with E-state index >= 15 is 0 Å². The Morgan fingerprint density at radius 3 is 1.53 bits per heavy atom. The van der Waals surface area contributed by atoms with E-state index in [2.05, 4.69) is 63.3 Å². The number of thiocarbonyl (C=S) groups is 1. The molecule has 0 heterocycles. The van der Waals surface area contributed by atoms with Gasteiger partial charge in [0.1, 0.15) is 0 Å². The zero-order chi connectivity index (χ0) is 21.0. The molecule has 32 heavy (non-hydrogen) atoms. The molecule has 0 amide bonds. The number of aryl methyl sites for hydroxylation is 1. The minimum Gasteiger partial charge on any atom is -0.116 e. The Hall–Kier alpha value is 0.699. The second-order valence-corrected chi connectivity index (χ2v) is 8.17. The van der Waals surface area contributed by atoms with Crippen LogP contribution in [0.3, 0.4) is 0 Å². The molecule has 4 saturated carbocycles. The first kappa shape index (κ1) is 30.7. The van der Waals surface area contributed by atoms with Gasteiger partial charge in [-0.2, -0.15) is 0 Å². The summed E-state index contributed by atoms with van der Waals surface area (Å²) in [6, 6.07) is 8.59. The fraction of sp³-hybridized carbons (Fsp3) is 0.0357. The Bertz CT molecular complexity index is 577. The molecule has 1 aromatic carbocycles. The smallest absolute Gasteiger partial charge is 0.116 e. The molecule has 4 aliphatic carbocycles. The first-order valence-corrected chi connectivity index (χ1v) is 11.1. The molecule has 4 aliphatic rings. The molecule has 4 fully saturated rings. The summed E-state index contributed by atoms with van der Waals surface area (Å²) in [5, 5.41) is 1.22. The molecule has 0 atom stereocenters. The van der Waals surface area contributed by atoms with Crippen molar-refractivity contribution in [3.8, 4) is 0 Å². The molecule has 5 rings (SSSR count). The summed E-state index contributed by atoms with van der Waals surface area (Å²) in [5.74, 6) is 2.27. The molecule has 0 saturated heterocycles. The third-order valence-corrected chi connectivity index (χ3v) is 5.84. The zero-order valence-electron chi connectivity index (χ0n) is 17.6. The monoisotopic (exact) mass is 536 g/mol. The maximum Gasteiger partial charge on any atom is 2.00 e. The van der Waals surface area contributed by atoms with Crippen molar-refractivity contribution in [3.63, 3.8) is 0 Å². The van der Waals surface area contributed by atoms with Crippen molar-refractivity contribution >= 4 is 28.8 Å². The standard InChI is InChI=1S/C18H14S2.2C5H5.2Fe/c1-13-9-11-15(12-10-13)20-17-8-4-7-16(17)18(19)14-5-2-3-6-14;2*1-2-4-5-3-1;;/h2-12H,1H3;2*1-5H;;/q;;;2*+2. The summed E-state index contributed by atoms with van der Waals surface area (Å²) in [6.45, 7) is 2.10. The molecule has 160 valence electrons. The summed E-state index contributed by atoms with van der Waals surface area (Å²) in [5.41, 5.74) is 1.28. The molecule has 0 nitrogen and oxygen atoms in total. The predicted molar refractivity (Wildman–Crippen MR) is 132 cm³/mol. The van der Waals surface area contributed by atoms with Crippen LogP contribution in [0.15, 0.2) is 29.2 Å². The first-order chi connectivity index (χ1) is 14.7. The van der Waals surface area contributed by atoms with Crippen LogP contribution in [-0.4, -0.2) is 4.86 Å². The molecular formula is C28H24Fe2S2+4. The third kappa shape index (κ3) is 11.0. The Balaban J connectivity index is 0.000000353. The molecule has 0 spiro atoms. The van der Waals surface area contributed by atoms with Crippen LogP contribution in [0.25, 0.3) is 0 Å². The largest absolute Gasteiger partial charge is 2.00 e. The van der Waals surface area contributed by atoms with E-state index in [1.165, 1.54) is 15.7 Å². The summed E-state index contributed by atoms with van der Waals surface area (Å²) in [4.78, 5) is 2.17. The molecule has 20 radical (unpaired) electrons. The van der Waals surface area contributed by atoms with Gasteiger partial charge >= 0.3 is 34.1 Å². The van der Waals surface area contributed by atoms with Crippen LogP contribution < -0.4 is 0 Å². The van der Waals surface area contributed by atoms with Crippen LogP contribution in [0.1, 0.15) is 5.56 Å². The van der Waals surface area contributed by atoms with E-state index in [1.54, 1.807) is 11.8 Å². The SMILES string of the molecule is Cc1ccc(S[C]2[CH][CH][CH][C]2C(=S)[C]2[CH][CH][CH][CH]2)cc1.[CH]1[CH][CH][CH][CH]1.[CH]1[CH][CH][CH][CH]1.[Fe+2].[Fe+2]. The van der Waals surface area contributed by atoms with Crippen LogP contribution in [-0.2, 0) is 34.1 Å². The van der Waals surface area contributed by atoms with Crippen molar-refractivity contribution in [3.05, 3.63) is 156 Å². The maximum atomic E-state index is 5.61. The van der Waals surface area contributed by atoms with Crippen molar-refractivity contribution in [1.82, 2.24) is 0 Å². The van der Waals surface area contributed by atoms with Gasteiger partial charge in [0, 0.05) is 21.6 Å². The van der Waals surface area contributed by atoms with E-state index in [9.17, 15) is 0 Å². The molecule has 0 aliphatic heterocycles. The van der Waals surface area contributed by atoms with Gasteiger partial charge < -0.3 is 0 Å². The minimum atomic E-state index is 0. The van der Waals surface area contributed by atoms with Gasteiger partial charge in [-0.25, -0.2) is 0 Å². The van der Waals surface area contributed by atoms with Crippen molar-refractivity contribution in [2.45, 2.75) is 11.8 Å². The molecule has 0 unspecified atom stereocenters. The van der Waals surface area contributed by atoms with E-state index in [4.69, 9.17) is 12.2 Å². The van der Waals surface area contributed by atoms with Crippen LogP contribution in [0.2, 0.25) is 0 Å². The van der Waals surface area contributed by atoms with Gasteiger partial charge in [0.2, 0.25) is 0 Å². The number of thioether (sulfide) groups is 1. The van der Waals surface area contributed by atoms with Gasteiger partial charge in [-0.05, 0) is 128 Å². The number of benzene rings is 1. The van der Waals surface area contributed by atoms with Crippen molar-refractivity contribution in [2.24, 2.45) is 0 Å². The zero-order valence-corrected chi connectivity index (χ0v) is 21.5. The molecule has 0 N–H and O–H groups in total. The molecule has 4 heteroatoms. The topological polar surface area (TPSA) is 0 Å². The van der Waals surface area contributed by atoms with Gasteiger partial charge in [0.15, 0.2) is 0 Å². The average molecular weight is 536 g/mol. The van der Waals surface area contributed by atoms with Gasteiger partial charge in [0.25, 0.3) is 0 Å². The molecule has 0 bridgehead atoms. The second kappa shape index (κ2) is 18.0.